The van der Waals surface area contributed by atoms with Crippen molar-refractivity contribution in [2.45, 2.75) is 146 Å². The quantitative estimate of drug-likeness (QED) is 0.106. The van der Waals surface area contributed by atoms with Crippen molar-refractivity contribution < 1.29 is 33.3 Å². The average Bonchev–Trinajstić information content (AvgIpc) is 3.76. The normalized spacial score (nSPS) is 14.8. The zero-order valence-electron chi connectivity index (χ0n) is 48.3. The Hall–Kier alpha value is -6.64. The van der Waals surface area contributed by atoms with Crippen molar-refractivity contribution in [3.8, 4) is 45.0 Å². The summed E-state index contributed by atoms with van der Waals surface area (Å²) in [7, 11) is 0. The first-order valence-electron chi connectivity index (χ1n) is 27.6. The Balaban J connectivity index is 0.000000224. The number of aromatic amines is 1. The highest BCUT2D eigenvalue weighted by atomic mass is 16.6. The summed E-state index contributed by atoms with van der Waals surface area (Å²) in [5, 5.41) is 19.1. The fraction of sp³-hybridized carbons (Fsp3) is 0.492. The van der Waals surface area contributed by atoms with Crippen LogP contribution >= 0.6 is 0 Å². The summed E-state index contributed by atoms with van der Waals surface area (Å²) in [6, 6.07) is 24.4. The lowest BCUT2D eigenvalue weighted by molar-refractivity contribution is 0.0129. The number of aromatic nitrogens is 2. The summed E-state index contributed by atoms with van der Waals surface area (Å²) >= 11 is 0. The van der Waals surface area contributed by atoms with Crippen molar-refractivity contribution in [3.63, 3.8) is 0 Å². The van der Waals surface area contributed by atoms with E-state index in [1.54, 1.807) is 9.80 Å². The minimum Gasteiger partial charge on any atom is -0.507 e. The maximum Gasteiger partial charge on any atom is 0.410 e. The molecule has 8 rings (SSSR count). The number of piperazine rings is 2. The van der Waals surface area contributed by atoms with E-state index in [1.807, 2.05) is 92.6 Å². The molecule has 0 atom stereocenters. The number of aryl methyl sites for hydroxylation is 3. The van der Waals surface area contributed by atoms with Gasteiger partial charge in [-0.3, -0.25) is 19.7 Å². The first kappa shape index (κ1) is 58.1. The summed E-state index contributed by atoms with van der Waals surface area (Å²) in [6.07, 6.45) is 1.56. The summed E-state index contributed by atoms with van der Waals surface area (Å²) < 4.78 is 23.3. The Labute approximate surface area is 456 Å². The molecule has 0 bridgehead atoms. The monoisotopic (exact) mass is 1050 g/mol. The van der Waals surface area contributed by atoms with Crippen LogP contribution in [0, 0.1) is 20.8 Å². The SMILES string of the molecule is CCCCOc1cc2oc(C)c(-c3ccc(CN4CCN(C(=O)OC(C)(C)C)CC4)cc3)c(=O)c2cc1C(C)C.Cc1cc(O)c(-c2n[nH]c(C)c2-c2ccc(CN3CCN(C(=O)OC(C)(C)C)CC3)cc2)cc1C(C)C. The number of phenolic OH excluding ortho intramolecular Hbond substituents is 1. The maximum atomic E-state index is 13.7. The number of fused-ring (bicyclic) bond motifs is 1. The molecule has 14 nitrogen and oxygen atoms in total. The van der Waals surface area contributed by atoms with Crippen LogP contribution in [0.1, 0.15) is 140 Å². The molecule has 2 saturated heterocycles. The second-order valence-corrected chi connectivity index (χ2v) is 23.4. The van der Waals surface area contributed by atoms with Crippen LogP contribution in [0.3, 0.4) is 0 Å². The number of benzene rings is 4. The number of phenols is 1. The van der Waals surface area contributed by atoms with Gasteiger partial charge in [0, 0.05) is 88.3 Å². The number of amides is 2. The highest BCUT2D eigenvalue weighted by Gasteiger charge is 2.28. The summed E-state index contributed by atoms with van der Waals surface area (Å²) in [5.41, 5.74) is 11.3. The van der Waals surface area contributed by atoms with Gasteiger partial charge in [-0.05, 0) is 138 Å². The van der Waals surface area contributed by atoms with Gasteiger partial charge in [0.15, 0.2) is 0 Å². The zero-order chi connectivity index (χ0) is 55.9. The molecule has 2 N–H and O–H groups in total. The van der Waals surface area contributed by atoms with Gasteiger partial charge in [-0.25, -0.2) is 9.59 Å². The number of carbonyl (C=O) groups is 2. The molecule has 0 unspecified atom stereocenters. The van der Waals surface area contributed by atoms with Gasteiger partial charge in [-0.2, -0.15) is 5.10 Å². The summed E-state index contributed by atoms with van der Waals surface area (Å²) in [6.45, 7) is 36.0. The first-order chi connectivity index (χ1) is 36.4. The molecule has 2 aliphatic rings. The maximum absolute atomic E-state index is 13.7. The zero-order valence-corrected chi connectivity index (χ0v) is 48.3. The van der Waals surface area contributed by atoms with Crippen LogP contribution in [0.5, 0.6) is 11.5 Å². The first-order valence-corrected chi connectivity index (χ1v) is 27.6. The molecule has 2 fully saturated rings. The standard InChI is InChI=1S/C33H44N2O5.C30H40N4O3/c1-8-9-18-38-28-20-29-27(19-26(28)22(2)3)31(36)30(23(4)39-29)25-12-10-24(11-13-25)21-34-14-16-35(17-15-34)32(37)40-33(5,6)7;1-19(2)24-17-25(26(35)16-20(24)3)28-27(21(4)31-32-28)23-10-8-22(9-11-23)18-33-12-14-34(15-13-33)29(36)37-30(5,6)7/h10-13,19-20,22H,8-9,14-18,21H2,1-7H3;8-11,16-17,19,35H,12-15,18H2,1-7H3,(H,31,32). The van der Waals surface area contributed by atoms with Gasteiger partial charge in [0.1, 0.15) is 39.7 Å². The summed E-state index contributed by atoms with van der Waals surface area (Å²) in [4.78, 5) is 46.7. The number of nitrogens with one attached hydrogen (secondary N) is 1. The Kier molecular flexibility index (Phi) is 18.7. The molecular formula is C63H84N6O8. The lowest BCUT2D eigenvalue weighted by atomic mass is 9.91. The van der Waals surface area contributed by atoms with Gasteiger partial charge in [-0.1, -0.05) is 89.6 Å². The van der Waals surface area contributed by atoms with Gasteiger partial charge in [0.05, 0.1) is 17.6 Å². The molecule has 0 aliphatic carbocycles. The molecule has 6 aromatic rings. The van der Waals surface area contributed by atoms with E-state index in [0.29, 0.717) is 61.0 Å². The molecule has 0 spiro atoms. The van der Waals surface area contributed by atoms with E-state index < -0.39 is 11.2 Å². The summed E-state index contributed by atoms with van der Waals surface area (Å²) in [5.74, 6) is 2.21. The molecule has 0 radical (unpaired) electrons. The molecule has 2 aliphatic heterocycles. The van der Waals surface area contributed by atoms with Crippen molar-refractivity contribution in [3.05, 3.63) is 122 Å². The van der Waals surface area contributed by atoms with E-state index in [2.05, 4.69) is 97.1 Å². The Morgan fingerprint density at radius 3 is 1.65 bits per heavy atom. The number of unbranched alkanes of at least 4 members (excludes halogenated alkanes) is 1. The second kappa shape index (κ2) is 24.8. The highest BCUT2D eigenvalue weighted by Crippen LogP contribution is 2.40. The Morgan fingerprint density at radius 2 is 1.18 bits per heavy atom. The van der Waals surface area contributed by atoms with E-state index in [9.17, 15) is 19.5 Å². The van der Waals surface area contributed by atoms with Gasteiger partial charge in [0.2, 0.25) is 5.43 Å². The van der Waals surface area contributed by atoms with Gasteiger partial charge < -0.3 is 33.5 Å². The molecule has 414 valence electrons. The van der Waals surface area contributed by atoms with E-state index in [-0.39, 0.29) is 29.3 Å². The smallest absolute Gasteiger partial charge is 0.410 e. The van der Waals surface area contributed by atoms with Crippen molar-refractivity contribution in [1.29, 1.82) is 0 Å². The number of H-pyrrole nitrogens is 1. The number of hydrogen-bond acceptors (Lipinski definition) is 11. The fourth-order valence-electron chi connectivity index (χ4n) is 9.99. The van der Waals surface area contributed by atoms with Crippen LogP contribution in [-0.4, -0.2) is 117 Å². The number of nitrogens with zero attached hydrogens (tertiary/aromatic N) is 5. The topological polar surface area (TPSA) is 154 Å². The van der Waals surface area contributed by atoms with Crippen LogP contribution in [0.2, 0.25) is 0 Å². The number of aromatic hydroxyl groups is 1. The Bertz CT molecular complexity index is 3040. The van der Waals surface area contributed by atoms with Crippen LogP contribution in [0.4, 0.5) is 9.59 Å². The fourth-order valence-corrected chi connectivity index (χ4v) is 9.99. The molecule has 2 aromatic heterocycles. The van der Waals surface area contributed by atoms with E-state index >= 15 is 0 Å². The molecule has 77 heavy (non-hydrogen) atoms. The van der Waals surface area contributed by atoms with Gasteiger partial charge in [0.25, 0.3) is 0 Å². The van der Waals surface area contributed by atoms with Crippen LogP contribution < -0.4 is 10.2 Å². The van der Waals surface area contributed by atoms with Crippen molar-refractivity contribution in [1.82, 2.24) is 29.8 Å². The van der Waals surface area contributed by atoms with Crippen LogP contribution in [-0.2, 0) is 22.6 Å². The van der Waals surface area contributed by atoms with Crippen molar-refractivity contribution in [2.75, 3.05) is 59.0 Å². The van der Waals surface area contributed by atoms with Crippen molar-refractivity contribution in [2.24, 2.45) is 0 Å². The van der Waals surface area contributed by atoms with E-state index in [0.717, 1.165) is 108 Å². The molecule has 2 amide bonds. The lowest BCUT2D eigenvalue weighted by Gasteiger charge is -2.35. The average molecular weight is 1050 g/mol. The molecule has 14 heteroatoms. The third-order valence-electron chi connectivity index (χ3n) is 14.1. The highest BCUT2D eigenvalue weighted by molar-refractivity contribution is 5.86. The molecule has 4 heterocycles. The van der Waals surface area contributed by atoms with E-state index in [4.69, 9.17) is 18.6 Å². The molecule has 4 aromatic carbocycles. The number of ether oxygens (including phenoxy) is 3. The minimum atomic E-state index is -0.487. The molecule has 0 saturated carbocycles. The van der Waals surface area contributed by atoms with Crippen LogP contribution in [0.25, 0.3) is 44.5 Å². The molecular weight excluding hydrogens is 969 g/mol. The number of carbonyl (C=O) groups excluding carboxylic acids is 2. The minimum absolute atomic E-state index is 0.0215. The third-order valence-corrected chi connectivity index (χ3v) is 14.1. The third kappa shape index (κ3) is 14.9. The largest absolute Gasteiger partial charge is 0.507 e. The Morgan fingerprint density at radius 1 is 0.688 bits per heavy atom. The van der Waals surface area contributed by atoms with Gasteiger partial charge in [-0.15, -0.1) is 0 Å². The number of hydrogen-bond donors (Lipinski definition) is 2. The number of rotatable bonds is 13. The second-order valence-electron chi connectivity index (χ2n) is 23.4. The van der Waals surface area contributed by atoms with Crippen molar-refractivity contribution >= 4 is 23.2 Å². The predicted octanol–water partition coefficient (Wildman–Crippen LogP) is 13.4. The van der Waals surface area contributed by atoms with E-state index in [1.165, 1.54) is 11.1 Å². The van der Waals surface area contributed by atoms with Crippen LogP contribution in [0.15, 0.2) is 82.0 Å². The predicted molar refractivity (Wildman–Crippen MR) is 308 cm³/mol. The van der Waals surface area contributed by atoms with Gasteiger partial charge >= 0.3 is 12.2 Å². The lowest BCUT2D eigenvalue weighted by Crippen LogP contribution is -2.49.